The van der Waals surface area contributed by atoms with Crippen LogP contribution in [0.2, 0.25) is 0 Å². The minimum Gasteiger partial charge on any atom is -0.339 e. The monoisotopic (exact) mass is 355 g/mol. The lowest BCUT2D eigenvalue weighted by atomic mass is 9.85. The van der Waals surface area contributed by atoms with Crippen molar-refractivity contribution in [2.45, 2.75) is 33.2 Å². The molecular weight excluding hydrogens is 337 g/mol. The molecule has 1 aromatic heterocycles. The zero-order valence-corrected chi connectivity index (χ0v) is 14.2. The Morgan fingerprint density at radius 2 is 2.05 bits per heavy atom. The van der Waals surface area contributed by atoms with Crippen molar-refractivity contribution < 1.29 is 8.91 Å². The minimum absolute atomic E-state index is 0.0747. The Balaban J connectivity index is 2.21. The molecule has 1 unspecified atom stereocenters. The first kappa shape index (κ1) is 16.1. The average molecular weight is 356 g/mol. The molecule has 0 saturated heterocycles. The van der Waals surface area contributed by atoms with Crippen LogP contribution in [-0.2, 0) is 6.42 Å². The maximum Gasteiger partial charge on any atom is 0.228 e. The molecule has 0 bridgehead atoms. The molecule has 1 aromatic carbocycles. The van der Waals surface area contributed by atoms with Gasteiger partial charge in [-0.15, -0.1) is 0 Å². The Labute approximate surface area is 132 Å². The summed E-state index contributed by atoms with van der Waals surface area (Å²) in [6.07, 6.45) is 0.628. The summed E-state index contributed by atoms with van der Waals surface area (Å²) in [6.45, 7) is 6.44. The van der Waals surface area contributed by atoms with Gasteiger partial charge in [0.15, 0.2) is 0 Å². The van der Waals surface area contributed by atoms with Gasteiger partial charge in [-0.05, 0) is 30.7 Å². The number of hydrogen-bond donors (Lipinski definition) is 1. The first-order chi connectivity index (χ1) is 9.79. The fourth-order valence-corrected chi connectivity index (χ4v) is 2.62. The lowest BCUT2D eigenvalue weighted by Crippen LogP contribution is -2.39. The van der Waals surface area contributed by atoms with Gasteiger partial charge in [-0.2, -0.15) is 4.98 Å². The first-order valence-corrected chi connectivity index (χ1v) is 7.55. The lowest BCUT2D eigenvalue weighted by molar-refractivity contribution is 0.255. The summed E-state index contributed by atoms with van der Waals surface area (Å²) >= 11 is 3.26. The van der Waals surface area contributed by atoms with Gasteiger partial charge in [0.2, 0.25) is 11.7 Å². The van der Waals surface area contributed by atoms with Crippen molar-refractivity contribution >= 4 is 15.9 Å². The van der Waals surface area contributed by atoms with Crippen molar-refractivity contribution in [3.63, 3.8) is 0 Å². The summed E-state index contributed by atoms with van der Waals surface area (Å²) in [5.41, 5.74) is 0.666. The zero-order valence-electron chi connectivity index (χ0n) is 12.6. The summed E-state index contributed by atoms with van der Waals surface area (Å²) in [4.78, 5) is 4.36. The van der Waals surface area contributed by atoms with Gasteiger partial charge in [0, 0.05) is 22.5 Å². The lowest BCUT2D eigenvalue weighted by Gasteiger charge is -2.29. The van der Waals surface area contributed by atoms with Crippen molar-refractivity contribution in [3.05, 3.63) is 34.4 Å². The van der Waals surface area contributed by atoms with E-state index >= 15 is 0 Å². The van der Waals surface area contributed by atoms with Gasteiger partial charge < -0.3 is 9.84 Å². The summed E-state index contributed by atoms with van der Waals surface area (Å²) in [5, 5.41) is 7.20. The van der Waals surface area contributed by atoms with Crippen molar-refractivity contribution in [1.29, 1.82) is 0 Å². The van der Waals surface area contributed by atoms with E-state index in [1.165, 1.54) is 12.1 Å². The fourth-order valence-electron chi connectivity index (χ4n) is 2.15. The van der Waals surface area contributed by atoms with Gasteiger partial charge in [0.25, 0.3) is 0 Å². The van der Waals surface area contributed by atoms with Crippen LogP contribution in [-0.4, -0.2) is 23.2 Å². The van der Waals surface area contributed by atoms with Crippen LogP contribution >= 0.6 is 15.9 Å². The zero-order chi connectivity index (χ0) is 15.6. The predicted octanol–water partition coefficient (Wildman–Crippen LogP) is 3.81. The van der Waals surface area contributed by atoms with E-state index in [4.69, 9.17) is 4.52 Å². The summed E-state index contributed by atoms with van der Waals surface area (Å²) in [7, 11) is 1.91. The van der Waals surface area contributed by atoms with E-state index < -0.39 is 0 Å². The molecule has 114 valence electrons. The third-order valence-electron chi connectivity index (χ3n) is 3.36. The van der Waals surface area contributed by atoms with Crippen molar-refractivity contribution in [2.75, 3.05) is 7.05 Å². The van der Waals surface area contributed by atoms with Crippen molar-refractivity contribution in [1.82, 2.24) is 15.5 Å². The molecule has 0 aliphatic carbocycles. The van der Waals surface area contributed by atoms with Gasteiger partial charge in [-0.25, -0.2) is 4.39 Å². The van der Waals surface area contributed by atoms with E-state index in [1.54, 1.807) is 6.07 Å². The molecule has 0 saturated carbocycles. The Morgan fingerprint density at radius 3 is 2.62 bits per heavy atom. The highest BCUT2D eigenvalue weighted by molar-refractivity contribution is 9.10. The average Bonchev–Trinajstić information content (AvgIpc) is 2.81. The Bertz CT molecular complexity index is 601. The molecule has 0 aliphatic rings. The second kappa shape index (κ2) is 6.23. The predicted molar refractivity (Wildman–Crippen MR) is 83.4 cm³/mol. The van der Waals surface area contributed by atoms with E-state index in [2.05, 4.69) is 52.2 Å². The molecule has 0 fully saturated rings. The number of benzene rings is 1. The Kier molecular flexibility index (Phi) is 4.78. The number of halogens is 2. The number of nitrogens with one attached hydrogen (secondary N) is 1. The van der Waals surface area contributed by atoms with E-state index in [0.717, 1.165) is 0 Å². The van der Waals surface area contributed by atoms with E-state index in [0.29, 0.717) is 28.2 Å². The molecule has 0 amide bonds. The highest BCUT2D eigenvalue weighted by Crippen LogP contribution is 2.25. The van der Waals surface area contributed by atoms with Crippen LogP contribution in [0, 0.1) is 11.2 Å². The van der Waals surface area contributed by atoms with Gasteiger partial charge >= 0.3 is 0 Å². The summed E-state index contributed by atoms with van der Waals surface area (Å²) in [5.74, 6) is 0.599. The molecule has 21 heavy (non-hydrogen) atoms. The topological polar surface area (TPSA) is 51.0 Å². The van der Waals surface area contributed by atoms with Crippen LogP contribution in [0.25, 0.3) is 11.4 Å². The summed E-state index contributed by atoms with van der Waals surface area (Å²) in [6, 6.07) is 4.75. The molecule has 1 N–H and O–H groups in total. The van der Waals surface area contributed by atoms with Crippen molar-refractivity contribution in [2.24, 2.45) is 5.41 Å². The SMILES string of the molecule is CNC(Cc1nc(-c2cc(F)cc(Br)c2)no1)C(C)(C)C. The maximum absolute atomic E-state index is 13.4. The molecule has 1 atom stereocenters. The number of likely N-dealkylation sites (N-methyl/N-ethyl adjacent to an activating group) is 1. The highest BCUT2D eigenvalue weighted by Gasteiger charge is 2.25. The molecule has 0 aliphatic heterocycles. The fraction of sp³-hybridized carbons (Fsp3) is 0.467. The van der Waals surface area contributed by atoms with Gasteiger partial charge in [0.1, 0.15) is 5.82 Å². The number of aromatic nitrogens is 2. The third-order valence-corrected chi connectivity index (χ3v) is 3.82. The first-order valence-electron chi connectivity index (χ1n) is 6.76. The molecule has 0 spiro atoms. The number of hydrogen-bond acceptors (Lipinski definition) is 4. The molecule has 2 rings (SSSR count). The standard InChI is InChI=1S/C15H19BrFN3O/c1-15(2,3)12(18-4)8-13-19-14(20-21-13)9-5-10(16)7-11(17)6-9/h5-7,12,18H,8H2,1-4H3. The van der Waals surface area contributed by atoms with Crippen molar-refractivity contribution in [3.8, 4) is 11.4 Å². The number of rotatable bonds is 4. The van der Waals surface area contributed by atoms with Crippen LogP contribution < -0.4 is 5.32 Å². The largest absolute Gasteiger partial charge is 0.339 e. The third kappa shape index (κ3) is 4.11. The van der Waals surface area contributed by atoms with Crippen LogP contribution in [0.15, 0.2) is 27.2 Å². The smallest absolute Gasteiger partial charge is 0.228 e. The quantitative estimate of drug-likeness (QED) is 0.905. The van der Waals surface area contributed by atoms with Gasteiger partial charge in [0.05, 0.1) is 0 Å². The Morgan fingerprint density at radius 1 is 1.33 bits per heavy atom. The maximum atomic E-state index is 13.4. The van der Waals surface area contributed by atoms with E-state index in [1.807, 2.05) is 7.05 Å². The van der Waals surface area contributed by atoms with Crippen LogP contribution in [0.4, 0.5) is 4.39 Å². The van der Waals surface area contributed by atoms with E-state index in [-0.39, 0.29) is 17.3 Å². The second-order valence-corrected chi connectivity index (χ2v) is 7.00. The summed E-state index contributed by atoms with van der Waals surface area (Å²) < 4.78 is 19.3. The second-order valence-electron chi connectivity index (χ2n) is 6.08. The van der Waals surface area contributed by atoms with Crippen LogP contribution in [0.3, 0.4) is 0 Å². The van der Waals surface area contributed by atoms with Gasteiger partial charge in [-0.1, -0.05) is 41.9 Å². The normalized spacial score (nSPS) is 13.4. The molecule has 1 heterocycles. The molecule has 0 radical (unpaired) electrons. The molecule has 4 nitrogen and oxygen atoms in total. The van der Waals surface area contributed by atoms with Crippen LogP contribution in [0.5, 0.6) is 0 Å². The molecular formula is C15H19BrFN3O. The minimum atomic E-state index is -0.339. The van der Waals surface area contributed by atoms with Crippen LogP contribution in [0.1, 0.15) is 26.7 Å². The molecule has 6 heteroatoms. The van der Waals surface area contributed by atoms with E-state index in [9.17, 15) is 4.39 Å². The van der Waals surface area contributed by atoms with Gasteiger partial charge in [-0.3, -0.25) is 0 Å². The highest BCUT2D eigenvalue weighted by atomic mass is 79.9. The molecule has 2 aromatic rings. The number of nitrogens with zero attached hydrogens (tertiary/aromatic N) is 2. The Hall–Kier alpha value is -1.27.